The van der Waals surface area contributed by atoms with E-state index in [4.69, 9.17) is 5.73 Å². The summed E-state index contributed by atoms with van der Waals surface area (Å²) < 4.78 is 0. The van der Waals surface area contributed by atoms with Crippen molar-refractivity contribution in [1.29, 1.82) is 0 Å². The van der Waals surface area contributed by atoms with Gasteiger partial charge < -0.3 is 5.73 Å². The molecular formula is C13H22N2O2. The van der Waals surface area contributed by atoms with E-state index < -0.39 is 5.54 Å². The van der Waals surface area contributed by atoms with Gasteiger partial charge in [-0.2, -0.15) is 0 Å². The second kappa shape index (κ2) is 4.09. The molecule has 1 aliphatic carbocycles. The first-order valence-corrected chi connectivity index (χ1v) is 6.50. The maximum Gasteiger partial charge on any atom is 0.233 e. The Morgan fingerprint density at radius 2 is 1.71 bits per heavy atom. The zero-order valence-electron chi connectivity index (χ0n) is 10.9. The molecule has 2 aliphatic rings. The summed E-state index contributed by atoms with van der Waals surface area (Å²) in [6.07, 6.45) is 2.82. The molecule has 2 N–H and O–H groups in total. The number of rotatable bonds is 3. The molecule has 2 fully saturated rings. The lowest BCUT2D eigenvalue weighted by Crippen LogP contribution is -2.53. The van der Waals surface area contributed by atoms with E-state index in [0.29, 0.717) is 12.5 Å². The summed E-state index contributed by atoms with van der Waals surface area (Å²) in [7, 11) is 0. The first-order valence-electron chi connectivity index (χ1n) is 6.50. The molecule has 0 aromatic rings. The second-order valence-electron chi connectivity index (χ2n) is 5.99. The summed E-state index contributed by atoms with van der Waals surface area (Å²) in [5, 5.41) is 0. The lowest BCUT2D eigenvalue weighted by atomic mass is 10.00. The van der Waals surface area contributed by atoms with Crippen LogP contribution in [0.15, 0.2) is 0 Å². The van der Waals surface area contributed by atoms with Gasteiger partial charge in [-0.25, -0.2) is 0 Å². The van der Waals surface area contributed by atoms with Gasteiger partial charge in [0.1, 0.15) is 0 Å². The van der Waals surface area contributed by atoms with Crippen LogP contribution in [0.5, 0.6) is 0 Å². The molecule has 0 aromatic heterocycles. The van der Waals surface area contributed by atoms with E-state index in [-0.39, 0.29) is 23.7 Å². The molecule has 0 radical (unpaired) electrons. The number of carbonyl (C=O) groups is 2. The van der Waals surface area contributed by atoms with E-state index >= 15 is 0 Å². The summed E-state index contributed by atoms with van der Waals surface area (Å²) in [5.74, 6) is 0.412. The zero-order chi connectivity index (χ0) is 12.8. The molecule has 1 saturated heterocycles. The van der Waals surface area contributed by atoms with Crippen molar-refractivity contribution in [3.8, 4) is 0 Å². The molecule has 17 heavy (non-hydrogen) atoms. The Bertz CT molecular complexity index is 327. The highest BCUT2D eigenvalue weighted by atomic mass is 16.2. The fourth-order valence-corrected chi connectivity index (χ4v) is 3.15. The Morgan fingerprint density at radius 1 is 1.24 bits per heavy atom. The van der Waals surface area contributed by atoms with Gasteiger partial charge in [-0.05, 0) is 32.6 Å². The minimum atomic E-state index is -0.541. The van der Waals surface area contributed by atoms with Crippen molar-refractivity contribution in [1.82, 2.24) is 4.90 Å². The third-order valence-electron chi connectivity index (χ3n) is 4.42. The van der Waals surface area contributed by atoms with Crippen LogP contribution in [0, 0.1) is 17.8 Å². The van der Waals surface area contributed by atoms with Crippen molar-refractivity contribution in [3.63, 3.8) is 0 Å². The zero-order valence-corrected chi connectivity index (χ0v) is 10.9. The molecular weight excluding hydrogens is 216 g/mol. The van der Waals surface area contributed by atoms with Crippen LogP contribution in [-0.4, -0.2) is 28.8 Å². The van der Waals surface area contributed by atoms with E-state index in [1.165, 1.54) is 4.90 Å². The molecule has 0 spiro atoms. The van der Waals surface area contributed by atoms with Gasteiger partial charge in [-0.1, -0.05) is 13.3 Å². The minimum Gasteiger partial charge on any atom is -0.328 e. The van der Waals surface area contributed by atoms with E-state index in [0.717, 1.165) is 19.3 Å². The Hall–Kier alpha value is -0.900. The molecule has 4 heteroatoms. The smallest absolute Gasteiger partial charge is 0.233 e. The number of amides is 2. The predicted molar refractivity (Wildman–Crippen MR) is 65.0 cm³/mol. The van der Waals surface area contributed by atoms with E-state index in [1.54, 1.807) is 0 Å². The van der Waals surface area contributed by atoms with Gasteiger partial charge in [0, 0.05) is 6.54 Å². The fourth-order valence-electron chi connectivity index (χ4n) is 3.15. The average molecular weight is 238 g/mol. The van der Waals surface area contributed by atoms with Crippen LogP contribution in [-0.2, 0) is 9.59 Å². The van der Waals surface area contributed by atoms with Gasteiger partial charge in [0.05, 0.1) is 17.4 Å². The Morgan fingerprint density at radius 3 is 2.06 bits per heavy atom. The van der Waals surface area contributed by atoms with Gasteiger partial charge >= 0.3 is 0 Å². The largest absolute Gasteiger partial charge is 0.328 e. The number of fused-ring (bicyclic) bond motifs is 1. The van der Waals surface area contributed by atoms with Gasteiger partial charge in [0.15, 0.2) is 0 Å². The van der Waals surface area contributed by atoms with Crippen LogP contribution in [0.2, 0.25) is 0 Å². The molecule has 1 heterocycles. The van der Waals surface area contributed by atoms with E-state index in [1.807, 2.05) is 13.8 Å². The Kier molecular flexibility index (Phi) is 3.02. The van der Waals surface area contributed by atoms with Gasteiger partial charge in [0.25, 0.3) is 0 Å². The predicted octanol–water partition coefficient (Wildman–Crippen LogP) is 1.14. The molecule has 2 amide bonds. The normalized spacial score (nSPS) is 33.4. The number of nitrogens with two attached hydrogens (primary N) is 1. The van der Waals surface area contributed by atoms with Gasteiger partial charge in [-0.15, -0.1) is 0 Å². The van der Waals surface area contributed by atoms with Crippen molar-refractivity contribution < 1.29 is 9.59 Å². The molecule has 0 bridgehead atoms. The molecule has 96 valence electrons. The van der Waals surface area contributed by atoms with Crippen LogP contribution >= 0.6 is 0 Å². The standard InChI is InChI=1S/C13H22N2O2/c1-4-8-5-9-10(6-8)12(17)15(11(9)16)13(2,3)7-14/h8-10H,4-7,14H2,1-3H3. The molecule has 2 unspecified atom stereocenters. The Balaban J connectivity index is 2.22. The monoisotopic (exact) mass is 238 g/mol. The summed E-state index contributed by atoms with van der Waals surface area (Å²) in [6.45, 7) is 6.17. The van der Waals surface area contributed by atoms with Crippen molar-refractivity contribution in [2.45, 2.75) is 45.6 Å². The van der Waals surface area contributed by atoms with Crippen molar-refractivity contribution in [3.05, 3.63) is 0 Å². The third kappa shape index (κ3) is 1.79. The average Bonchev–Trinajstić information content (AvgIpc) is 2.80. The lowest BCUT2D eigenvalue weighted by molar-refractivity contribution is -0.146. The van der Waals surface area contributed by atoms with Crippen molar-refractivity contribution in [2.75, 3.05) is 6.54 Å². The number of likely N-dealkylation sites (tertiary alicyclic amines) is 1. The van der Waals surface area contributed by atoms with Crippen LogP contribution in [0.4, 0.5) is 0 Å². The summed E-state index contributed by atoms with van der Waals surface area (Å²) in [6, 6.07) is 0. The lowest BCUT2D eigenvalue weighted by Gasteiger charge is -2.33. The van der Waals surface area contributed by atoms with Crippen molar-refractivity contribution in [2.24, 2.45) is 23.5 Å². The minimum absolute atomic E-state index is 0.00593. The number of nitrogens with zero attached hydrogens (tertiary/aromatic N) is 1. The van der Waals surface area contributed by atoms with E-state index in [9.17, 15) is 9.59 Å². The summed E-state index contributed by atoms with van der Waals surface area (Å²) in [4.78, 5) is 26.1. The number of hydrogen-bond acceptors (Lipinski definition) is 3. The Labute approximate surface area is 103 Å². The number of carbonyl (C=O) groups excluding carboxylic acids is 2. The summed E-state index contributed by atoms with van der Waals surface area (Å²) in [5.41, 5.74) is 5.13. The van der Waals surface area contributed by atoms with Gasteiger partial charge in [-0.3, -0.25) is 14.5 Å². The van der Waals surface area contributed by atoms with E-state index in [2.05, 4.69) is 6.92 Å². The first kappa shape index (κ1) is 12.6. The molecule has 2 rings (SSSR count). The molecule has 2 atom stereocenters. The SMILES string of the molecule is CCC1CC2C(=O)N(C(C)(C)CN)C(=O)C2C1. The van der Waals surface area contributed by atoms with Crippen LogP contribution in [0.25, 0.3) is 0 Å². The van der Waals surface area contributed by atoms with Crippen LogP contribution in [0.3, 0.4) is 0 Å². The summed E-state index contributed by atoms with van der Waals surface area (Å²) >= 11 is 0. The topological polar surface area (TPSA) is 63.4 Å². The van der Waals surface area contributed by atoms with Crippen LogP contribution in [0.1, 0.15) is 40.0 Å². The van der Waals surface area contributed by atoms with Crippen LogP contribution < -0.4 is 5.73 Å². The highest BCUT2D eigenvalue weighted by molar-refractivity contribution is 6.06. The quantitative estimate of drug-likeness (QED) is 0.750. The third-order valence-corrected chi connectivity index (χ3v) is 4.42. The number of hydrogen-bond donors (Lipinski definition) is 1. The van der Waals surface area contributed by atoms with Gasteiger partial charge in [0.2, 0.25) is 11.8 Å². The fraction of sp³-hybridized carbons (Fsp3) is 0.846. The first-order chi connectivity index (χ1) is 7.92. The van der Waals surface area contributed by atoms with Crippen molar-refractivity contribution >= 4 is 11.8 Å². The maximum atomic E-state index is 12.3. The highest BCUT2D eigenvalue weighted by Gasteiger charge is 2.55. The highest BCUT2D eigenvalue weighted by Crippen LogP contribution is 2.45. The number of imide groups is 1. The molecule has 4 nitrogen and oxygen atoms in total. The molecule has 0 aromatic carbocycles. The molecule has 1 saturated carbocycles. The second-order valence-corrected chi connectivity index (χ2v) is 5.99. The molecule has 1 aliphatic heterocycles. The maximum absolute atomic E-state index is 12.3.